The van der Waals surface area contributed by atoms with Crippen molar-refractivity contribution in [1.82, 2.24) is 10.6 Å². The van der Waals surface area contributed by atoms with E-state index in [-0.39, 0.29) is 0 Å². The summed E-state index contributed by atoms with van der Waals surface area (Å²) in [5.41, 5.74) is 3.97. The van der Waals surface area contributed by atoms with Gasteiger partial charge < -0.3 is 20.2 Å². The maximum atomic E-state index is 13.3. The van der Waals surface area contributed by atoms with Crippen molar-refractivity contribution in [2.45, 2.75) is 130 Å². The molecule has 2 N–H and O–H groups in total. The summed E-state index contributed by atoms with van der Waals surface area (Å²) in [7, 11) is -2.19. The van der Waals surface area contributed by atoms with Crippen LogP contribution in [0.25, 0.3) is 6.08 Å². The molecule has 0 heterocycles. The number of rotatable bonds is 15. The molecule has 274 valence electrons. The van der Waals surface area contributed by atoms with Crippen LogP contribution in [0.4, 0.5) is 0 Å². The molecule has 0 saturated heterocycles. The Morgan fingerprint density at radius 3 is 2.14 bits per heavy atom. The lowest BCUT2D eigenvalue weighted by Gasteiger charge is -2.28. The summed E-state index contributed by atoms with van der Waals surface area (Å²) in [5, 5.41) is 7.47. The average Bonchev–Trinajstić information content (AvgIpc) is 3.15. The molecule has 0 radical (unpaired) electrons. The van der Waals surface area contributed by atoms with E-state index in [1.807, 2.05) is 19.6 Å². The summed E-state index contributed by atoms with van der Waals surface area (Å²) in [6.07, 6.45) is 24.2. The quantitative estimate of drug-likeness (QED) is 0.111. The average molecular weight is 693 g/mol. The zero-order valence-electron chi connectivity index (χ0n) is 31.4. The molecule has 2 aromatic rings. The SMILES string of the molecule is C#CCCC[C@H](CC1CCCCC1)NCC(C)NCCCS(=C)(=O)C1=Cc2ccccc2CC1.C=O.C=O.CCC.CCc1ccccc1. The third-order valence-corrected chi connectivity index (χ3v) is 11.0. The van der Waals surface area contributed by atoms with Gasteiger partial charge in [-0.1, -0.05) is 114 Å². The lowest BCUT2D eigenvalue weighted by molar-refractivity contribution is -0.0987. The summed E-state index contributed by atoms with van der Waals surface area (Å²) in [6.45, 7) is 14.5. The van der Waals surface area contributed by atoms with E-state index in [1.165, 1.54) is 68.1 Å². The van der Waals surface area contributed by atoms with Gasteiger partial charge in [0.15, 0.2) is 0 Å². The Kier molecular flexibility index (Phi) is 28.1. The monoisotopic (exact) mass is 692 g/mol. The van der Waals surface area contributed by atoms with Crippen LogP contribution >= 0.6 is 0 Å². The second-order valence-electron chi connectivity index (χ2n) is 13.0. The van der Waals surface area contributed by atoms with Crippen LogP contribution in [0.5, 0.6) is 0 Å². The van der Waals surface area contributed by atoms with Gasteiger partial charge in [0, 0.05) is 35.7 Å². The van der Waals surface area contributed by atoms with Gasteiger partial charge in [-0.15, -0.1) is 12.3 Å². The normalized spacial score (nSPS) is 15.9. The van der Waals surface area contributed by atoms with Crippen molar-refractivity contribution in [1.29, 1.82) is 0 Å². The minimum atomic E-state index is -2.19. The van der Waals surface area contributed by atoms with E-state index in [4.69, 9.17) is 16.0 Å². The molecule has 0 spiro atoms. The van der Waals surface area contributed by atoms with Crippen LogP contribution in [-0.4, -0.2) is 54.6 Å². The molecule has 2 aromatic carbocycles. The Morgan fingerprint density at radius 2 is 1.53 bits per heavy atom. The summed E-state index contributed by atoms with van der Waals surface area (Å²) >= 11 is 0. The van der Waals surface area contributed by atoms with Gasteiger partial charge in [0.1, 0.15) is 13.6 Å². The second-order valence-corrected chi connectivity index (χ2v) is 15.6. The standard InChI is InChI=1S/C30H46N2OS.C8H10.C3H8.2CH2O/c1-4-5-7-17-29(22-26-13-8-6-9-14-26)32-24-25(2)31-20-12-21-34(3,33)30-19-18-27-15-10-11-16-28(27)23-30;1-2-8-6-4-3-5-7-8;1-3-2;2*1-2/h1,10-11,15-16,23,25-26,29,31-32H,3,5-9,12-14,17-22,24H2,2H3;3-7H,2H2,1H3;3H2,1-2H3;2*1H2/t25?,29-,34?;;;;/m1..../s1. The maximum absolute atomic E-state index is 13.3. The predicted octanol–water partition coefficient (Wildman–Crippen LogP) is 9.09. The zero-order chi connectivity index (χ0) is 36.8. The number of hydrogen-bond acceptors (Lipinski definition) is 5. The molecule has 2 aliphatic rings. The van der Waals surface area contributed by atoms with E-state index in [0.717, 1.165) is 62.4 Å². The highest BCUT2D eigenvalue weighted by Gasteiger charge is 2.20. The van der Waals surface area contributed by atoms with Gasteiger partial charge in [-0.25, -0.2) is 0 Å². The Bertz CT molecular complexity index is 1260. The van der Waals surface area contributed by atoms with Crippen molar-refractivity contribution in [3.05, 3.63) is 76.2 Å². The molecule has 2 aliphatic carbocycles. The summed E-state index contributed by atoms with van der Waals surface area (Å²) in [6, 6.07) is 19.8. The first-order chi connectivity index (χ1) is 23.8. The van der Waals surface area contributed by atoms with Crippen molar-refractivity contribution in [2.75, 3.05) is 18.8 Å². The topological polar surface area (TPSA) is 75.3 Å². The van der Waals surface area contributed by atoms with Crippen LogP contribution in [0.15, 0.2) is 59.5 Å². The molecular weight excluding hydrogens is 625 g/mol. The van der Waals surface area contributed by atoms with Crippen molar-refractivity contribution in [3.8, 4) is 12.3 Å². The molecule has 5 nitrogen and oxygen atoms in total. The fourth-order valence-electron chi connectivity index (χ4n) is 6.19. The lowest BCUT2D eigenvalue weighted by atomic mass is 9.84. The number of nitrogens with one attached hydrogen (secondary N) is 2. The lowest BCUT2D eigenvalue weighted by Crippen LogP contribution is -2.42. The molecule has 6 heteroatoms. The first-order valence-electron chi connectivity index (χ1n) is 18.5. The largest absolute Gasteiger partial charge is 0.313 e. The number of hydrogen-bond donors (Lipinski definition) is 2. The molecule has 0 aliphatic heterocycles. The van der Waals surface area contributed by atoms with Crippen LogP contribution in [0.2, 0.25) is 0 Å². The van der Waals surface area contributed by atoms with E-state index in [1.54, 1.807) is 0 Å². The van der Waals surface area contributed by atoms with Gasteiger partial charge in [0.25, 0.3) is 0 Å². The molecule has 4 rings (SSSR count). The van der Waals surface area contributed by atoms with Crippen LogP contribution < -0.4 is 10.6 Å². The minimum Gasteiger partial charge on any atom is -0.313 e. The fourth-order valence-corrected chi connectivity index (χ4v) is 7.88. The van der Waals surface area contributed by atoms with Gasteiger partial charge in [-0.05, 0) is 102 Å². The highest BCUT2D eigenvalue weighted by atomic mass is 32.2. The minimum absolute atomic E-state index is 0.392. The van der Waals surface area contributed by atoms with E-state index in [9.17, 15) is 4.21 Å². The molecule has 0 amide bonds. The van der Waals surface area contributed by atoms with E-state index >= 15 is 0 Å². The van der Waals surface area contributed by atoms with Crippen LogP contribution in [0.3, 0.4) is 0 Å². The van der Waals surface area contributed by atoms with Crippen molar-refractivity contribution in [3.63, 3.8) is 0 Å². The number of allylic oxidation sites excluding steroid dienone is 1. The van der Waals surface area contributed by atoms with Gasteiger partial charge in [-0.3, -0.25) is 4.21 Å². The molecule has 0 bridgehead atoms. The number of carbonyl (C=O) groups excluding carboxylic acids is 2. The number of unbranched alkanes of at least 4 members (excludes halogenated alkanes) is 1. The highest BCUT2D eigenvalue weighted by Crippen LogP contribution is 2.29. The van der Waals surface area contributed by atoms with E-state index < -0.39 is 9.52 Å². The first-order valence-corrected chi connectivity index (χ1v) is 20.4. The molecule has 2 unspecified atom stereocenters. The van der Waals surface area contributed by atoms with Crippen molar-refractivity contribution >= 4 is 35.0 Å². The molecule has 1 fully saturated rings. The van der Waals surface area contributed by atoms with Gasteiger partial charge in [0.05, 0.1) is 0 Å². The zero-order valence-corrected chi connectivity index (χ0v) is 32.2. The maximum Gasteiger partial charge on any atom is 0.106 e. The van der Waals surface area contributed by atoms with Gasteiger partial charge >= 0.3 is 0 Å². The highest BCUT2D eigenvalue weighted by molar-refractivity contribution is 8.03. The van der Waals surface area contributed by atoms with Crippen molar-refractivity contribution in [2.24, 2.45) is 5.92 Å². The van der Waals surface area contributed by atoms with E-state index in [0.29, 0.717) is 17.8 Å². The van der Waals surface area contributed by atoms with Gasteiger partial charge in [-0.2, -0.15) is 0 Å². The molecule has 3 atom stereocenters. The van der Waals surface area contributed by atoms with Crippen LogP contribution in [-0.2, 0) is 32.0 Å². The molecule has 0 aromatic heterocycles. The predicted molar refractivity (Wildman–Crippen MR) is 217 cm³/mol. The Balaban J connectivity index is 0.00000129. The smallest absolute Gasteiger partial charge is 0.106 e. The number of aryl methyl sites for hydroxylation is 2. The summed E-state index contributed by atoms with van der Waals surface area (Å²) in [5.74, 6) is 8.47. The third-order valence-electron chi connectivity index (χ3n) is 8.81. The van der Waals surface area contributed by atoms with Crippen LogP contribution in [0, 0.1) is 18.3 Å². The van der Waals surface area contributed by atoms with Gasteiger partial charge in [0.2, 0.25) is 0 Å². The summed E-state index contributed by atoms with van der Waals surface area (Å²) in [4.78, 5) is 17.0. The van der Waals surface area contributed by atoms with Crippen LogP contribution in [0.1, 0.15) is 121 Å². The number of benzene rings is 2. The Morgan fingerprint density at radius 1 is 0.898 bits per heavy atom. The van der Waals surface area contributed by atoms with E-state index in [2.05, 4.69) is 105 Å². The third kappa shape index (κ3) is 21.0. The van der Waals surface area contributed by atoms with Crippen molar-refractivity contribution < 1.29 is 13.8 Å². The molecular formula is C43H68N2O3S. The Labute approximate surface area is 301 Å². The molecule has 1 saturated carbocycles. The fraction of sp³-hybridized carbons (Fsp3) is 0.558. The number of fused-ring (bicyclic) bond motifs is 1. The number of carbonyl (C=O) groups is 2. The second kappa shape index (κ2) is 29.9. The number of terminal acetylenes is 1. The first kappa shape index (κ1) is 46.0. The molecule has 49 heavy (non-hydrogen) atoms. The Hall–Kier alpha value is -2.98. The summed E-state index contributed by atoms with van der Waals surface area (Å²) < 4.78 is 13.3.